The van der Waals surface area contributed by atoms with Gasteiger partial charge in [0, 0.05) is 18.6 Å². The Kier molecular flexibility index (Phi) is 6.30. The fourth-order valence-electron chi connectivity index (χ4n) is 1.62. The number of esters is 1. The summed E-state index contributed by atoms with van der Waals surface area (Å²) in [6.07, 6.45) is 10.2. The van der Waals surface area contributed by atoms with Crippen molar-refractivity contribution in [1.29, 1.82) is 0 Å². The van der Waals surface area contributed by atoms with Crippen LogP contribution >= 0.6 is 0 Å². The second-order valence-electron chi connectivity index (χ2n) is 3.98. The average molecular weight is 258 g/mol. The van der Waals surface area contributed by atoms with Crippen molar-refractivity contribution < 1.29 is 14.1 Å². The lowest BCUT2D eigenvalue weighted by molar-refractivity contribution is -0.696. The summed E-state index contributed by atoms with van der Waals surface area (Å²) in [5.41, 5.74) is 1.71. The van der Waals surface area contributed by atoms with Crippen LogP contribution in [0.25, 0.3) is 0 Å². The van der Waals surface area contributed by atoms with Gasteiger partial charge in [-0.05, 0) is 12.5 Å². The molecule has 1 aromatic rings. The number of aromatic nitrogens is 1. The molecule has 0 saturated carbocycles. The van der Waals surface area contributed by atoms with Crippen LogP contribution in [-0.2, 0) is 11.3 Å². The fourth-order valence-corrected chi connectivity index (χ4v) is 1.62. The van der Waals surface area contributed by atoms with Gasteiger partial charge in [-0.2, -0.15) is 0 Å². The van der Waals surface area contributed by atoms with E-state index in [1.54, 1.807) is 25.1 Å². The highest BCUT2D eigenvalue weighted by molar-refractivity contribution is 5.88. The van der Waals surface area contributed by atoms with Gasteiger partial charge >= 0.3 is 5.97 Å². The number of pyridine rings is 1. The summed E-state index contributed by atoms with van der Waals surface area (Å²) in [4.78, 5) is 11.5. The number of ether oxygens (including phenoxy) is 1. The maximum atomic E-state index is 11.5. The Hall–Kier alpha value is -2.16. The Balaban J connectivity index is 2.62. The summed E-state index contributed by atoms with van der Waals surface area (Å²) in [5.74, 6) is -0.284. The van der Waals surface area contributed by atoms with Crippen LogP contribution in [0, 0.1) is 0 Å². The second-order valence-corrected chi connectivity index (χ2v) is 3.98. The van der Waals surface area contributed by atoms with Gasteiger partial charge in [0.15, 0.2) is 18.9 Å². The molecule has 0 aromatic carbocycles. The van der Waals surface area contributed by atoms with Crippen molar-refractivity contribution in [2.75, 3.05) is 6.61 Å². The molecule has 1 rings (SSSR count). The third kappa shape index (κ3) is 4.92. The molecule has 0 radical (unpaired) electrons. The molecule has 0 bridgehead atoms. The molecule has 0 aliphatic carbocycles. The van der Waals surface area contributed by atoms with E-state index >= 15 is 0 Å². The van der Waals surface area contributed by atoms with Gasteiger partial charge in [-0.1, -0.05) is 31.4 Å². The standard InChI is InChI=1S/C16H20NO2/c1-4-7-14(5-2)8-11-17-12-9-15(10-13-17)16(18)19-6-3/h4-5,7,9-10,12-13H,1-2,6,8,11H2,3H3/q+1/b14-7+. The van der Waals surface area contributed by atoms with Crippen LogP contribution in [0.4, 0.5) is 0 Å². The van der Waals surface area contributed by atoms with Crippen molar-refractivity contribution in [2.45, 2.75) is 19.9 Å². The van der Waals surface area contributed by atoms with E-state index in [0.29, 0.717) is 12.2 Å². The number of carbonyl (C=O) groups excluding carboxylic acids is 1. The average Bonchev–Trinajstić information content (AvgIpc) is 2.44. The van der Waals surface area contributed by atoms with Crippen LogP contribution in [0.1, 0.15) is 23.7 Å². The van der Waals surface area contributed by atoms with Gasteiger partial charge in [0.2, 0.25) is 0 Å². The molecule has 1 heterocycles. The van der Waals surface area contributed by atoms with Crippen molar-refractivity contribution in [3.63, 3.8) is 0 Å². The molecule has 0 saturated heterocycles. The van der Waals surface area contributed by atoms with Crippen LogP contribution in [-0.4, -0.2) is 12.6 Å². The molecule has 1 aromatic heterocycles. The van der Waals surface area contributed by atoms with Crippen LogP contribution in [0.5, 0.6) is 0 Å². The topological polar surface area (TPSA) is 30.2 Å². The van der Waals surface area contributed by atoms with Gasteiger partial charge in [-0.25, -0.2) is 9.36 Å². The minimum atomic E-state index is -0.284. The van der Waals surface area contributed by atoms with E-state index in [1.165, 1.54) is 0 Å². The lowest BCUT2D eigenvalue weighted by Crippen LogP contribution is -2.33. The molecule has 19 heavy (non-hydrogen) atoms. The van der Waals surface area contributed by atoms with Crippen molar-refractivity contribution in [3.8, 4) is 0 Å². The van der Waals surface area contributed by atoms with Crippen molar-refractivity contribution in [3.05, 3.63) is 67.0 Å². The Morgan fingerprint density at radius 3 is 2.58 bits per heavy atom. The van der Waals surface area contributed by atoms with Gasteiger partial charge in [-0.3, -0.25) is 0 Å². The summed E-state index contributed by atoms with van der Waals surface area (Å²) in [7, 11) is 0. The zero-order valence-electron chi connectivity index (χ0n) is 11.3. The van der Waals surface area contributed by atoms with Crippen LogP contribution in [0.15, 0.2) is 61.5 Å². The molecule has 100 valence electrons. The van der Waals surface area contributed by atoms with E-state index in [0.717, 1.165) is 18.5 Å². The lowest BCUT2D eigenvalue weighted by Gasteiger charge is -2.01. The highest BCUT2D eigenvalue weighted by Crippen LogP contribution is 2.03. The largest absolute Gasteiger partial charge is 0.462 e. The summed E-state index contributed by atoms with van der Waals surface area (Å²) in [6, 6.07) is 3.53. The van der Waals surface area contributed by atoms with Crippen molar-refractivity contribution in [1.82, 2.24) is 0 Å². The van der Waals surface area contributed by atoms with Gasteiger partial charge in [0.1, 0.15) is 0 Å². The minimum Gasteiger partial charge on any atom is -0.462 e. The Bertz CT molecular complexity index is 472. The van der Waals surface area contributed by atoms with Crippen molar-refractivity contribution >= 4 is 5.97 Å². The SMILES string of the molecule is C=C/C=C(\C=C)CC[n+]1ccc(C(=O)OCC)cc1. The molecule has 3 heteroatoms. The maximum absolute atomic E-state index is 11.5. The molecule has 0 N–H and O–H groups in total. The number of hydrogen-bond donors (Lipinski definition) is 0. The number of carbonyl (C=O) groups is 1. The smallest absolute Gasteiger partial charge is 0.338 e. The third-order valence-corrected chi connectivity index (χ3v) is 2.66. The zero-order valence-corrected chi connectivity index (χ0v) is 11.3. The highest BCUT2D eigenvalue weighted by atomic mass is 16.5. The molecular weight excluding hydrogens is 238 g/mol. The Labute approximate surface area is 114 Å². The Morgan fingerprint density at radius 1 is 1.37 bits per heavy atom. The molecule has 0 aliphatic heterocycles. The fraction of sp³-hybridized carbons (Fsp3) is 0.250. The molecular formula is C16H20NO2+. The normalized spacial score (nSPS) is 10.9. The summed E-state index contributed by atoms with van der Waals surface area (Å²) in [5, 5.41) is 0. The quantitative estimate of drug-likeness (QED) is 0.427. The molecule has 0 spiro atoms. The minimum absolute atomic E-state index is 0.284. The van der Waals surface area contributed by atoms with E-state index in [-0.39, 0.29) is 5.97 Å². The van der Waals surface area contributed by atoms with E-state index < -0.39 is 0 Å². The maximum Gasteiger partial charge on any atom is 0.338 e. The summed E-state index contributed by atoms with van der Waals surface area (Å²) < 4.78 is 6.95. The van der Waals surface area contributed by atoms with Crippen LogP contribution in [0.2, 0.25) is 0 Å². The second kappa shape index (κ2) is 8.03. The monoisotopic (exact) mass is 258 g/mol. The number of allylic oxidation sites excluding steroid dienone is 4. The van der Waals surface area contributed by atoms with E-state index in [2.05, 4.69) is 13.2 Å². The van der Waals surface area contributed by atoms with Gasteiger partial charge in [0.05, 0.1) is 12.2 Å². The first-order valence-corrected chi connectivity index (χ1v) is 6.31. The first-order chi connectivity index (χ1) is 9.21. The van der Waals surface area contributed by atoms with Gasteiger partial charge in [-0.15, -0.1) is 0 Å². The first kappa shape index (κ1) is 14.9. The molecule has 3 nitrogen and oxygen atoms in total. The predicted octanol–water partition coefficient (Wildman–Crippen LogP) is 2.84. The summed E-state index contributed by atoms with van der Waals surface area (Å²) >= 11 is 0. The molecule has 0 atom stereocenters. The number of rotatable bonds is 7. The van der Waals surface area contributed by atoms with Gasteiger partial charge < -0.3 is 4.74 Å². The third-order valence-electron chi connectivity index (χ3n) is 2.66. The number of aryl methyl sites for hydroxylation is 1. The highest BCUT2D eigenvalue weighted by Gasteiger charge is 2.08. The first-order valence-electron chi connectivity index (χ1n) is 6.31. The zero-order chi connectivity index (χ0) is 14.1. The lowest BCUT2D eigenvalue weighted by atomic mass is 10.1. The van der Waals surface area contributed by atoms with E-state index in [4.69, 9.17) is 4.74 Å². The molecule has 0 unspecified atom stereocenters. The molecule has 0 fully saturated rings. The number of nitrogens with zero attached hydrogens (tertiary/aromatic N) is 1. The number of hydrogen-bond acceptors (Lipinski definition) is 2. The Morgan fingerprint density at radius 2 is 2.05 bits per heavy atom. The van der Waals surface area contributed by atoms with Crippen LogP contribution in [0.3, 0.4) is 0 Å². The van der Waals surface area contributed by atoms with E-state index in [1.807, 2.05) is 29.1 Å². The van der Waals surface area contributed by atoms with Crippen LogP contribution < -0.4 is 4.57 Å². The molecule has 0 amide bonds. The van der Waals surface area contributed by atoms with E-state index in [9.17, 15) is 4.79 Å². The summed E-state index contributed by atoms with van der Waals surface area (Å²) in [6.45, 7) is 10.4. The van der Waals surface area contributed by atoms with Crippen molar-refractivity contribution in [2.24, 2.45) is 0 Å². The predicted molar refractivity (Wildman–Crippen MR) is 75.7 cm³/mol. The van der Waals surface area contributed by atoms with Gasteiger partial charge in [0.25, 0.3) is 0 Å². The molecule has 0 aliphatic rings.